The van der Waals surface area contributed by atoms with Gasteiger partial charge in [-0.05, 0) is 17.7 Å². The van der Waals surface area contributed by atoms with E-state index < -0.39 is 0 Å². The van der Waals surface area contributed by atoms with Gasteiger partial charge in [-0.25, -0.2) is 0 Å². The standard InChI is InChI=1S/C15H12N/c1-2-6-12(7-3-1)10-14-11-13-8-4-5-9-15(13)16-14/h1-9,11H,10H2. The van der Waals surface area contributed by atoms with E-state index in [-0.39, 0.29) is 0 Å². The Hall–Kier alpha value is -2.02. The second kappa shape index (κ2) is 3.86. The van der Waals surface area contributed by atoms with Gasteiger partial charge in [0.15, 0.2) is 0 Å². The van der Waals surface area contributed by atoms with Crippen LogP contribution in [0.2, 0.25) is 0 Å². The zero-order chi connectivity index (χ0) is 10.8. The Morgan fingerprint density at radius 2 is 1.56 bits per heavy atom. The summed E-state index contributed by atoms with van der Waals surface area (Å²) in [6.45, 7) is 0. The Labute approximate surface area is 95.4 Å². The normalized spacial score (nSPS) is 12.9. The van der Waals surface area contributed by atoms with Gasteiger partial charge in [0.2, 0.25) is 0 Å². The minimum absolute atomic E-state index is 0.912. The summed E-state index contributed by atoms with van der Waals surface area (Å²) in [6, 6.07) is 18.7. The lowest BCUT2D eigenvalue weighted by Crippen LogP contribution is -1.96. The molecule has 1 nitrogen and oxygen atoms in total. The highest BCUT2D eigenvalue weighted by Gasteiger charge is 2.12. The molecule has 77 valence electrons. The van der Waals surface area contributed by atoms with Crippen molar-refractivity contribution in [3.8, 4) is 0 Å². The highest BCUT2D eigenvalue weighted by atomic mass is 14.9. The summed E-state index contributed by atoms with van der Waals surface area (Å²) < 4.78 is 0. The van der Waals surface area contributed by atoms with Crippen molar-refractivity contribution >= 4 is 11.8 Å². The molecule has 0 unspecified atom stereocenters. The molecule has 0 N–H and O–H groups in total. The Morgan fingerprint density at radius 1 is 0.812 bits per heavy atom. The summed E-state index contributed by atoms with van der Waals surface area (Å²) in [5.41, 5.74) is 4.78. The van der Waals surface area contributed by atoms with Crippen LogP contribution in [0.4, 0.5) is 5.69 Å². The van der Waals surface area contributed by atoms with Crippen molar-refractivity contribution in [1.29, 1.82) is 0 Å². The van der Waals surface area contributed by atoms with Gasteiger partial charge in [0.05, 0.1) is 5.69 Å². The number of benzene rings is 2. The number of fused-ring (bicyclic) bond motifs is 1. The maximum absolute atomic E-state index is 4.61. The molecule has 16 heavy (non-hydrogen) atoms. The number of hydrogen-bond acceptors (Lipinski definition) is 0. The van der Waals surface area contributed by atoms with E-state index in [4.69, 9.17) is 0 Å². The van der Waals surface area contributed by atoms with Crippen LogP contribution in [-0.4, -0.2) is 0 Å². The van der Waals surface area contributed by atoms with E-state index in [1.54, 1.807) is 0 Å². The SMILES string of the molecule is C1=C(Cc2ccccc2)[N]c2ccccc21. The van der Waals surface area contributed by atoms with Gasteiger partial charge in [-0.3, -0.25) is 5.32 Å². The monoisotopic (exact) mass is 206 g/mol. The molecular formula is C15H12N. The number of hydrogen-bond donors (Lipinski definition) is 0. The van der Waals surface area contributed by atoms with E-state index in [1.165, 1.54) is 11.1 Å². The van der Waals surface area contributed by atoms with Crippen LogP contribution in [0, 0.1) is 0 Å². The molecule has 1 aliphatic heterocycles. The molecule has 0 saturated heterocycles. The van der Waals surface area contributed by atoms with Crippen molar-refractivity contribution in [2.45, 2.75) is 6.42 Å². The predicted octanol–water partition coefficient (Wildman–Crippen LogP) is 3.52. The van der Waals surface area contributed by atoms with Gasteiger partial charge in [0.25, 0.3) is 0 Å². The summed E-state index contributed by atoms with van der Waals surface area (Å²) in [4.78, 5) is 0. The highest BCUT2D eigenvalue weighted by molar-refractivity contribution is 5.71. The summed E-state index contributed by atoms with van der Waals surface area (Å²) in [5.74, 6) is 0. The van der Waals surface area contributed by atoms with Crippen LogP contribution in [-0.2, 0) is 6.42 Å². The Morgan fingerprint density at radius 3 is 2.38 bits per heavy atom. The third-order valence-electron chi connectivity index (χ3n) is 2.75. The topological polar surface area (TPSA) is 14.1 Å². The molecular weight excluding hydrogens is 194 g/mol. The predicted molar refractivity (Wildman–Crippen MR) is 66.4 cm³/mol. The van der Waals surface area contributed by atoms with Crippen LogP contribution in [0.5, 0.6) is 0 Å². The number of para-hydroxylation sites is 1. The fourth-order valence-corrected chi connectivity index (χ4v) is 1.97. The Bertz CT molecular complexity index is 526. The second-order valence-electron chi connectivity index (χ2n) is 3.97. The van der Waals surface area contributed by atoms with Crippen molar-refractivity contribution in [2.75, 3.05) is 0 Å². The summed E-state index contributed by atoms with van der Waals surface area (Å²) >= 11 is 0. The molecule has 0 saturated carbocycles. The van der Waals surface area contributed by atoms with Gasteiger partial charge >= 0.3 is 0 Å². The molecule has 0 aliphatic carbocycles. The van der Waals surface area contributed by atoms with Crippen molar-refractivity contribution in [3.05, 3.63) is 71.4 Å². The minimum Gasteiger partial charge on any atom is -0.252 e. The average Bonchev–Trinajstić information content (AvgIpc) is 2.72. The van der Waals surface area contributed by atoms with E-state index in [1.807, 2.05) is 12.1 Å². The van der Waals surface area contributed by atoms with Crippen LogP contribution in [0.1, 0.15) is 11.1 Å². The molecule has 2 aromatic carbocycles. The minimum atomic E-state index is 0.912. The van der Waals surface area contributed by atoms with Crippen LogP contribution in [0.15, 0.2) is 60.3 Å². The lowest BCUT2D eigenvalue weighted by molar-refractivity contribution is 0.996. The quantitative estimate of drug-likeness (QED) is 0.713. The molecule has 0 atom stereocenters. The second-order valence-corrected chi connectivity index (χ2v) is 3.97. The zero-order valence-corrected chi connectivity index (χ0v) is 8.93. The first-order valence-electron chi connectivity index (χ1n) is 5.47. The van der Waals surface area contributed by atoms with Gasteiger partial charge in [0.1, 0.15) is 0 Å². The lowest BCUT2D eigenvalue weighted by Gasteiger charge is -2.02. The first-order valence-corrected chi connectivity index (χ1v) is 5.47. The molecule has 1 radical (unpaired) electrons. The lowest BCUT2D eigenvalue weighted by atomic mass is 10.1. The smallest absolute Gasteiger partial charge is 0.0706 e. The number of rotatable bonds is 2. The zero-order valence-electron chi connectivity index (χ0n) is 8.93. The highest BCUT2D eigenvalue weighted by Crippen LogP contribution is 2.28. The summed E-state index contributed by atoms with van der Waals surface area (Å²) in [6.07, 6.45) is 3.08. The first-order chi connectivity index (χ1) is 7.92. The van der Waals surface area contributed by atoms with E-state index in [9.17, 15) is 0 Å². The van der Waals surface area contributed by atoms with Gasteiger partial charge in [0, 0.05) is 17.7 Å². The van der Waals surface area contributed by atoms with Gasteiger partial charge in [-0.2, -0.15) is 0 Å². The van der Waals surface area contributed by atoms with Gasteiger partial charge < -0.3 is 0 Å². The molecule has 0 spiro atoms. The van der Waals surface area contributed by atoms with Crippen molar-refractivity contribution in [2.24, 2.45) is 0 Å². The molecule has 0 amide bonds. The Kier molecular flexibility index (Phi) is 2.22. The molecule has 3 rings (SSSR count). The van der Waals surface area contributed by atoms with Crippen LogP contribution < -0.4 is 5.32 Å². The summed E-state index contributed by atoms with van der Waals surface area (Å²) in [5, 5.41) is 4.61. The number of nitrogens with zero attached hydrogens (tertiary/aromatic N) is 1. The van der Waals surface area contributed by atoms with Gasteiger partial charge in [-0.15, -0.1) is 0 Å². The fraction of sp³-hybridized carbons (Fsp3) is 0.0667. The van der Waals surface area contributed by atoms with E-state index in [0.717, 1.165) is 17.8 Å². The molecule has 2 aromatic rings. The number of allylic oxidation sites excluding steroid dienone is 1. The molecule has 1 heteroatoms. The third kappa shape index (κ3) is 1.72. The molecule has 1 heterocycles. The van der Waals surface area contributed by atoms with Crippen LogP contribution in [0.25, 0.3) is 6.08 Å². The third-order valence-corrected chi connectivity index (χ3v) is 2.75. The van der Waals surface area contributed by atoms with E-state index >= 15 is 0 Å². The van der Waals surface area contributed by atoms with E-state index in [2.05, 4.69) is 53.9 Å². The van der Waals surface area contributed by atoms with Crippen LogP contribution >= 0.6 is 0 Å². The Balaban J connectivity index is 1.81. The largest absolute Gasteiger partial charge is 0.252 e. The molecule has 0 aromatic heterocycles. The fourth-order valence-electron chi connectivity index (χ4n) is 1.97. The molecule has 1 aliphatic rings. The molecule has 0 bridgehead atoms. The first kappa shape index (κ1) is 9.22. The average molecular weight is 206 g/mol. The van der Waals surface area contributed by atoms with Crippen molar-refractivity contribution < 1.29 is 0 Å². The maximum atomic E-state index is 4.61. The van der Waals surface area contributed by atoms with Gasteiger partial charge in [-0.1, -0.05) is 48.5 Å². The van der Waals surface area contributed by atoms with Crippen LogP contribution in [0.3, 0.4) is 0 Å². The van der Waals surface area contributed by atoms with Crippen molar-refractivity contribution in [3.63, 3.8) is 0 Å². The summed E-state index contributed by atoms with van der Waals surface area (Å²) in [7, 11) is 0. The maximum Gasteiger partial charge on any atom is 0.0706 e. The molecule has 0 fully saturated rings. The van der Waals surface area contributed by atoms with E-state index in [0.29, 0.717) is 0 Å². The van der Waals surface area contributed by atoms with Crippen molar-refractivity contribution in [1.82, 2.24) is 5.32 Å².